The predicted molar refractivity (Wildman–Crippen MR) is 78.9 cm³/mol. The molecule has 0 bridgehead atoms. The van der Waals surface area contributed by atoms with E-state index in [-0.39, 0.29) is 16.0 Å². The minimum absolute atomic E-state index is 0.224. The number of rotatable bonds is 6. The van der Waals surface area contributed by atoms with Gasteiger partial charge in [-0.25, -0.2) is 0 Å². The van der Waals surface area contributed by atoms with Crippen LogP contribution in [0.3, 0.4) is 0 Å². The summed E-state index contributed by atoms with van der Waals surface area (Å²) in [6.07, 6.45) is 4.80. The van der Waals surface area contributed by atoms with Gasteiger partial charge in [-0.15, -0.1) is 0 Å². The van der Waals surface area contributed by atoms with E-state index in [2.05, 4.69) is 24.1 Å². The van der Waals surface area contributed by atoms with Crippen molar-refractivity contribution in [3.8, 4) is 0 Å². The van der Waals surface area contributed by atoms with Gasteiger partial charge >= 0.3 is 0 Å². The molecule has 0 saturated heterocycles. The number of aryl methyl sites for hydroxylation is 1. The maximum absolute atomic E-state index is 11.2. The topological polar surface area (TPSA) is 68.1 Å². The Kier molecular flexibility index (Phi) is 4.09. The van der Waals surface area contributed by atoms with Crippen LogP contribution in [0, 0.1) is 29.4 Å². The van der Waals surface area contributed by atoms with Crippen molar-refractivity contribution in [2.45, 2.75) is 53.0 Å². The zero-order valence-corrected chi connectivity index (χ0v) is 12.7. The average Bonchev–Trinajstić information content (AvgIpc) is 3.14. The highest BCUT2D eigenvalue weighted by molar-refractivity contribution is 5.47. The van der Waals surface area contributed by atoms with Gasteiger partial charge in [-0.3, -0.25) is 15.1 Å². The number of nitrogens with one attached hydrogen (secondary N) is 1. The Hall–Kier alpha value is -1.49. The second-order valence-corrected chi connectivity index (χ2v) is 5.94. The first-order chi connectivity index (χ1) is 9.41. The third kappa shape index (κ3) is 2.68. The van der Waals surface area contributed by atoms with Crippen molar-refractivity contribution < 1.29 is 4.92 Å². The number of hydrogen-bond acceptors (Lipinski definition) is 4. The Morgan fingerprint density at radius 3 is 2.65 bits per heavy atom. The van der Waals surface area contributed by atoms with Gasteiger partial charge in [-0.2, -0.15) is 0 Å². The minimum atomic E-state index is -0.289. The second kappa shape index (κ2) is 5.48. The first-order valence-corrected chi connectivity index (χ1v) is 7.24. The van der Waals surface area contributed by atoms with Crippen LogP contribution in [0.15, 0.2) is 6.20 Å². The molecular formula is C15H23N3O2. The molecule has 1 heterocycles. The van der Waals surface area contributed by atoms with E-state index < -0.39 is 0 Å². The number of nitrogens with zero attached hydrogens (tertiary/aromatic N) is 2. The summed E-state index contributed by atoms with van der Waals surface area (Å²) in [5.41, 5.74) is 2.70. The van der Waals surface area contributed by atoms with Crippen molar-refractivity contribution in [3.05, 3.63) is 33.1 Å². The monoisotopic (exact) mass is 277 g/mol. The average molecular weight is 277 g/mol. The van der Waals surface area contributed by atoms with Crippen molar-refractivity contribution in [2.24, 2.45) is 5.41 Å². The summed E-state index contributed by atoms with van der Waals surface area (Å²) in [7, 11) is 0. The molecule has 1 aromatic heterocycles. The smallest absolute Gasteiger partial charge is 0.278 e. The normalized spacial score (nSPS) is 17.8. The Balaban J connectivity index is 2.27. The summed E-state index contributed by atoms with van der Waals surface area (Å²) in [5, 5.41) is 14.7. The second-order valence-electron chi connectivity index (χ2n) is 5.94. The summed E-state index contributed by atoms with van der Waals surface area (Å²) in [4.78, 5) is 15.3. The number of pyridine rings is 1. The number of hydrogen-bond donors (Lipinski definition) is 1. The van der Waals surface area contributed by atoms with Crippen LogP contribution in [0.1, 0.15) is 43.5 Å². The van der Waals surface area contributed by atoms with Gasteiger partial charge in [0.15, 0.2) is 0 Å². The molecule has 1 atom stereocenters. The lowest BCUT2D eigenvalue weighted by Gasteiger charge is -2.24. The van der Waals surface area contributed by atoms with Crippen LogP contribution in [0.5, 0.6) is 0 Å². The molecule has 0 spiro atoms. The van der Waals surface area contributed by atoms with Crippen LogP contribution in [-0.2, 0) is 6.42 Å². The zero-order valence-electron chi connectivity index (χ0n) is 12.7. The van der Waals surface area contributed by atoms with Crippen molar-refractivity contribution in [1.29, 1.82) is 0 Å². The molecule has 1 aromatic rings. The van der Waals surface area contributed by atoms with Gasteiger partial charge in [-0.1, -0.05) is 6.92 Å². The van der Waals surface area contributed by atoms with Gasteiger partial charge in [-0.05, 0) is 52.0 Å². The van der Waals surface area contributed by atoms with Gasteiger partial charge < -0.3 is 5.32 Å². The first-order valence-electron chi connectivity index (χ1n) is 7.24. The minimum Gasteiger partial charge on any atom is -0.314 e. The molecule has 1 aliphatic rings. The Morgan fingerprint density at radius 2 is 2.15 bits per heavy atom. The molecule has 20 heavy (non-hydrogen) atoms. The molecule has 0 aliphatic heterocycles. The lowest BCUT2D eigenvalue weighted by Crippen LogP contribution is -2.36. The first kappa shape index (κ1) is 14.9. The van der Waals surface area contributed by atoms with E-state index in [1.807, 2.05) is 6.92 Å². The van der Waals surface area contributed by atoms with E-state index in [0.29, 0.717) is 11.6 Å². The quantitative estimate of drug-likeness (QED) is 0.641. The highest BCUT2D eigenvalue weighted by Gasteiger charge is 2.47. The predicted octanol–water partition coefficient (Wildman–Crippen LogP) is 2.93. The summed E-state index contributed by atoms with van der Waals surface area (Å²) in [6.45, 7) is 8.82. The Labute approximate surface area is 119 Å². The molecule has 5 nitrogen and oxygen atoms in total. The van der Waals surface area contributed by atoms with Crippen molar-refractivity contribution in [2.75, 3.05) is 6.54 Å². The third-order valence-electron chi connectivity index (χ3n) is 4.60. The molecule has 1 N–H and O–H groups in total. The lowest BCUT2D eigenvalue weighted by atomic mass is 9.90. The molecular weight excluding hydrogens is 254 g/mol. The van der Waals surface area contributed by atoms with E-state index in [4.69, 9.17) is 0 Å². The standard InChI is InChI=1S/C15H23N3O2/c1-5-16-12(4)15(6-7-15)8-13-11(3)14(18(19)20)10(2)9-17-13/h9,12,16H,5-8H2,1-4H3. The van der Waals surface area contributed by atoms with Crippen LogP contribution in [-0.4, -0.2) is 22.5 Å². The Bertz CT molecular complexity index is 524. The fraction of sp³-hybridized carbons (Fsp3) is 0.667. The van der Waals surface area contributed by atoms with Crippen LogP contribution in [0.2, 0.25) is 0 Å². The zero-order chi connectivity index (χ0) is 14.9. The van der Waals surface area contributed by atoms with Gasteiger partial charge in [0.2, 0.25) is 0 Å². The van der Waals surface area contributed by atoms with E-state index in [9.17, 15) is 10.1 Å². The van der Waals surface area contributed by atoms with Crippen molar-refractivity contribution in [3.63, 3.8) is 0 Å². The SMILES string of the molecule is CCNC(C)C1(Cc2ncc(C)c([N+](=O)[O-])c2C)CC1. The fourth-order valence-electron chi connectivity index (χ4n) is 3.00. The van der Waals surface area contributed by atoms with Gasteiger partial charge in [0.05, 0.1) is 10.6 Å². The molecule has 2 rings (SSSR count). The van der Waals surface area contributed by atoms with Crippen LogP contribution in [0.25, 0.3) is 0 Å². The fourth-order valence-corrected chi connectivity index (χ4v) is 3.00. The summed E-state index contributed by atoms with van der Waals surface area (Å²) in [5.74, 6) is 0. The summed E-state index contributed by atoms with van der Waals surface area (Å²) < 4.78 is 0. The maximum Gasteiger partial charge on any atom is 0.278 e. The van der Waals surface area contributed by atoms with Gasteiger partial charge in [0.1, 0.15) is 0 Å². The van der Waals surface area contributed by atoms with Crippen molar-refractivity contribution in [1.82, 2.24) is 10.3 Å². The Morgan fingerprint density at radius 1 is 1.50 bits per heavy atom. The third-order valence-corrected chi connectivity index (χ3v) is 4.60. The van der Waals surface area contributed by atoms with Crippen molar-refractivity contribution >= 4 is 5.69 Å². The number of aromatic nitrogens is 1. The molecule has 5 heteroatoms. The van der Waals surface area contributed by atoms with Crippen LogP contribution in [0.4, 0.5) is 5.69 Å². The molecule has 1 aliphatic carbocycles. The van der Waals surface area contributed by atoms with E-state index in [0.717, 1.165) is 24.2 Å². The van der Waals surface area contributed by atoms with Gasteiger partial charge in [0.25, 0.3) is 5.69 Å². The summed E-state index contributed by atoms with van der Waals surface area (Å²) in [6, 6.07) is 0.425. The molecule has 0 radical (unpaired) electrons. The maximum atomic E-state index is 11.2. The summed E-state index contributed by atoms with van der Waals surface area (Å²) >= 11 is 0. The highest BCUT2D eigenvalue weighted by atomic mass is 16.6. The lowest BCUT2D eigenvalue weighted by molar-refractivity contribution is -0.386. The highest BCUT2D eigenvalue weighted by Crippen LogP contribution is 2.51. The molecule has 1 fully saturated rings. The molecule has 1 saturated carbocycles. The molecule has 0 amide bonds. The molecule has 0 aromatic carbocycles. The van der Waals surface area contributed by atoms with E-state index in [1.54, 1.807) is 13.1 Å². The molecule has 1 unspecified atom stereocenters. The van der Waals surface area contributed by atoms with E-state index >= 15 is 0 Å². The van der Waals surface area contributed by atoms with Crippen LogP contribution < -0.4 is 5.32 Å². The molecule has 110 valence electrons. The van der Waals surface area contributed by atoms with E-state index in [1.165, 1.54) is 12.8 Å². The number of nitro groups is 1. The largest absolute Gasteiger partial charge is 0.314 e. The van der Waals surface area contributed by atoms with Gasteiger partial charge in [0, 0.05) is 23.4 Å². The van der Waals surface area contributed by atoms with Crippen LogP contribution >= 0.6 is 0 Å².